The molecule has 100 valence electrons. The van der Waals surface area contributed by atoms with E-state index in [4.69, 9.17) is 4.74 Å². The molecule has 19 heavy (non-hydrogen) atoms. The Morgan fingerprint density at radius 3 is 2.95 bits per heavy atom. The number of hydrogen-bond acceptors (Lipinski definition) is 5. The van der Waals surface area contributed by atoms with E-state index in [1.807, 2.05) is 37.4 Å². The summed E-state index contributed by atoms with van der Waals surface area (Å²) in [4.78, 5) is 20.0. The van der Waals surface area contributed by atoms with Crippen molar-refractivity contribution in [3.8, 4) is 11.4 Å². The molecule has 0 aliphatic heterocycles. The average molecular weight is 277 g/mol. The van der Waals surface area contributed by atoms with Gasteiger partial charge in [-0.3, -0.25) is 10.3 Å². The molecule has 0 bridgehead atoms. The van der Waals surface area contributed by atoms with Crippen LogP contribution in [0, 0.1) is 5.92 Å². The quantitative estimate of drug-likeness (QED) is 0.930. The molecule has 2 rings (SSSR count). The van der Waals surface area contributed by atoms with Crippen LogP contribution >= 0.6 is 11.3 Å². The summed E-state index contributed by atoms with van der Waals surface area (Å²) in [6, 6.07) is 5.61. The lowest BCUT2D eigenvalue weighted by Crippen LogP contribution is -2.16. The molecule has 0 aromatic carbocycles. The molecule has 0 unspecified atom stereocenters. The van der Waals surface area contributed by atoms with Gasteiger partial charge in [0.15, 0.2) is 5.13 Å². The van der Waals surface area contributed by atoms with Crippen molar-refractivity contribution >= 4 is 22.6 Å². The lowest BCUT2D eigenvalue weighted by Gasteiger charge is -2.06. The van der Waals surface area contributed by atoms with Crippen LogP contribution in [0.2, 0.25) is 0 Å². The predicted octanol–water partition coefficient (Wildman–Crippen LogP) is 3.41. The standard InChI is InChI=1S/C13H15N3O2S/c1-9(2)7-18-13(17)16-12-15-11(8-19-12)10-5-3-4-6-14-10/h3-6,8-9H,7H2,1-2H3,(H,15,16,17). The van der Waals surface area contributed by atoms with E-state index in [1.165, 1.54) is 11.3 Å². The number of carbonyl (C=O) groups excluding carboxylic acids is 1. The third-order valence-electron chi connectivity index (χ3n) is 2.19. The Kier molecular flexibility index (Phi) is 4.46. The van der Waals surface area contributed by atoms with Gasteiger partial charge in [0.25, 0.3) is 0 Å². The Labute approximate surface area is 115 Å². The summed E-state index contributed by atoms with van der Waals surface area (Å²) in [6.07, 6.45) is 1.23. The third kappa shape index (κ3) is 4.03. The predicted molar refractivity (Wildman–Crippen MR) is 75.2 cm³/mol. The maximum atomic E-state index is 11.5. The zero-order valence-electron chi connectivity index (χ0n) is 10.8. The average Bonchev–Trinajstić information content (AvgIpc) is 2.86. The monoisotopic (exact) mass is 277 g/mol. The van der Waals surface area contributed by atoms with Crippen molar-refractivity contribution in [3.05, 3.63) is 29.8 Å². The summed E-state index contributed by atoms with van der Waals surface area (Å²) in [5.41, 5.74) is 1.52. The molecule has 0 saturated carbocycles. The summed E-state index contributed by atoms with van der Waals surface area (Å²) in [7, 11) is 0. The van der Waals surface area contributed by atoms with Crippen molar-refractivity contribution in [3.63, 3.8) is 0 Å². The maximum Gasteiger partial charge on any atom is 0.413 e. The van der Waals surface area contributed by atoms with Crippen LogP contribution in [0.15, 0.2) is 29.8 Å². The highest BCUT2D eigenvalue weighted by molar-refractivity contribution is 7.14. The normalized spacial score (nSPS) is 10.5. The van der Waals surface area contributed by atoms with E-state index < -0.39 is 6.09 Å². The molecule has 2 heterocycles. The van der Waals surface area contributed by atoms with Crippen molar-refractivity contribution < 1.29 is 9.53 Å². The van der Waals surface area contributed by atoms with Crippen LogP contribution in [0.5, 0.6) is 0 Å². The van der Waals surface area contributed by atoms with Crippen LogP contribution in [0.25, 0.3) is 11.4 Å². The van der Waals surface area contributed by atoms with Gasteiger partial charge >= 0.3 is 6.09 Å². The smallest absolute Gasteiger partial charge is 0.413 e. The van der Waals surface area contributed by atoms with Gasteiger partial charge in [0.1, 0.15) is 5.69 Å². The molecule has 2 aromatic rings. The first kappa shape index (κ1) is 13.5. The number of nitrogens with one attached hydrogen (secondary N) is 1. The largest absolute Gasteiger partial charge is 0.449 e. The third-order valence-corrected chi connectivity index (χ3v) is 2.95. The fourth-order valence-corrected chi connectivity index (χ4v) is 2.02. The number of carbonyl (C=O) groups is 1. The molecule has 0 radical (unpaired) electrons. The fraction of sp³-hybridized carbons (Fsp3) is 0.308. The second kappa shape index (κ2) is 6.29. The van der Waals surface area contributed by atoms with Crippen LogP contribution in [0.4, 0.5) is 9.93 Å². The molecule has 0 aliphatic carbocycles. The number of thiazole rings is 1. The van der Waals surface area contributed by atoms with E-state index >= 15 is 0 Å². The molecule has 0 spiro atoms. The number of ether oxygens (including phenoxy) is 1. The number of rotatable bonds is 4. The number of amides is 1. The van der Waals surface area contributed by atoms with Crippen LogP contribution in [0.1, 0.15) is 13.8 Å². The highest BCUT2D eigenvalue weighted by Crippen LogP contribution is 2.23. The number of anilines is 1. The molecule has 1 N–H and O–H groups in total. The summed E-state index contributed by atoms with van der Waals surface area (Å²) < 4.78 is 5.02. The van der Waals surface area contributed by atoms with E-state index in [0.29, 0.717) is 17.7 Å². The summed E-state index contributed by atoms with van der Waals surface area (Å²) in [5, 5.41) is 4.96. The van der Waals surface area contributed by atoms with Crippen molar-refractivity contribution in [2.24, 2.45) is 5.92 Å². The van der Waals surface area contributed by atoms with Gasteiger partial charge in [0, 0.05) is 11.6 Å². The van der Waals surface area contributed by atoms with E-state index in [1.54, 1.807) is 6.20 Å². The van der Waals surface area contributed by atoms with Crippen molar-refractivity contribution in [2.75, 3.05) is 11.9 Å². The second-order valence-electron chi connectivity index (χ2n) is 4.37. The Hall–Kier alpha value is -1.95. The molecule has 0 atom stereocenters. The van der Waals surface area contributed by atoms with Gasteiger partial charge in [-0.15, -0.1) is 11.3 Å². The van der Waals surface area contributed by atoms with Gasteiger partial charge in [0.2, 0.25) is 0 Å². The minimum Gasteiger partial charge on any atom is -0.449 e. The first-order valence-electron chi connectivity index (χ1n) is 5.96. The zero-order chi connectivity index (χ0) is 13.7. The van der Waals surface area contributed by atoms with Crippen molar-refractivity contribution in [2.45, 2.75) is 13.8 Å². The lowest BCUT2D eigenvalue weighted by molar-refractivity contribution is 0.147. The Bertz CT molecular complexity index is 540. The van der Waals surface area contributed by atoms with Gasteiger partial charge < -0.3 is 4.74 Å². The lowest BCUT2D eigenvalue weighted by atomic mass is 10.2. The molecule has 0 aliphatic rings. The SMILES string of the molecule is CC(C)COC(=O)Nc1nc(-c2ccccn2)cs1. The van der Waals surface area contributed by atoms with E-state index in [9.17, 15) is 4.79 Å². The summed E-state index contributed by atoms with van der Waals surface area (Å²) >= 11 is 1.34. The van der Waals surface area contributed by atoms with Crippen LogP contribution in [-0.2, 0) is 4.74 Å². The summed E-state index contributed by atoms with van der Waals surface area (Å²) in [6.45, 7) is 4.36. The van der Waals surface area contributed by atoms with Crippen LogP contribution in [-0.4, -0.2) is 22.7 Å². The van der Waals surface area contributed by atoms with Crippen LogP contribution in [0.3, 0.4) is 0 Å². The number of nitrogens with zero attached hydrogens (tertiary/aromatic N) is 2. The number of pyridine rings is 1. The van der Waals surface area contributed by atoms with Gasteiger partial charge in [0.05, 0.1) is 12.3 Å². The minimum absolute atomic E-state index is 0.311. The highest BCUT2D eigenvalue weighted by Gasteiger charge is 2.09. The fourth-order valence-electron chi connectivity index (χ4n) is 1.33. The minimum atomic E-state index is -0.476. The molecule has 6 heteroatoms. The van der Waals surface area contributed by atoms with Gasteiger partial charge in [-0.2, -0.15) is 0 Å². The van der Waals surface area contributed by atoms with Gasteiger partial charge in [-0.25, -0.2) is 9.78 Å². The molecular formula is C13H15N3O2S. The highest BCUT2D eigenvalue weighted by atomic mass is 32.1. The molecule has 0 saturated heterocycles. The number of hydrogen-bond donors (Lipinski definition) is 1. The molecule has 2 aromatic heterocycles. The Morgan fingerprint density at radius 2 is 2.26 bits per heavy atom. The maximum absolute atomic E-state index is 11.5. The molecular weight excluding hydrogens is 262 g/mol. The number of aromatic nitrogens is 2. The molecule has 1 amide bonds. The van der Waals surface area contributed by atoms with E-state index in [-0.39, 0.29) is 0 Å². The Balaban J connectivity index is 1.96. The topological polar surface area (TPSA) is 64.1 Å². The van der Waals surface area contributed by atoms with Crippen molar-refractivity contribution in [1.82, 2.24) is 9.97 Å². The van der Waals surface area contributed by atoms with Crippen LogP contribution < -0.4 is 5.32 Å². The van der Waals surface area contributed by atoms with Crippen molar-refractivity contribution in [1.29, 1.82) is 0 Å². The van der Waals surface area contributed by atoms with E-state index in [2.05, 4.69) is 15.3 Å². The van der Waals surface area contributed by atoms with Gasteiger partial charge in [-0.1, -0.05) is 19.9 Å². The molecule has 5 nitrogen and oxygen atoms in total. The van der Waals surface area contributed by atoms with Gasteiger partial charge in [-0.05, 0) is 18.1 Å². The summed E-state index contributed by atoms with van der Waals surface area (Å²) in [5.74, 6) is 0.311. The zero-order valence-corrected chi connectivity index (χ0v) is 11.6. The first-order chi connectivity index (χ1) is 9.15. The van der Waals surface area contributed by atoms with E-state index in [0.717, 1.165) is 11.4 Å². The Morgan fingerprint density at radius 1 is 1.42 bits per heavy atom. The first-order valence-corrected chi connectivity index (χ1v) is 6.84. The second-order valence-corrected chi connectivity index (χ2v) is 5.23. The molecule has 0 fully saturated rings.